The fourth-order valence-corrected chi connectivity index (χ4v) is 4.30. The lowest BCUT2D eigenvalue weighted by Crippen LogP contribution is -2.25. The van der Waals surface area contributed by atoms with Crippen LogP contribution in [0.4, 0.5) is 13.2 Å². The molecular weight excluding hydrogens is 449 g/mol. The van der Waals surface area contributed by atoms with Gasteiger partial charge in [-0.05, 0) is 47.0 Å². The van der Waals surface area contributed by atoms with Crippen molar-refractivity contribution in [3.63, 3.8) is 0 Å². The summed E-state index contributed by atoms with van der Waals surface area (Å²) in [6.07, 6.45) is -2.28. The van der Waals surface area contributed by atoms with E-state index in [-0.39, 0.29) is 24.8 Å². The van der Waals surface area contributed by atoms with Gasteiger partial charge in [-0.1, -0.05) is 54.1 Å². The van der Waals surface area contributed by atoms with Crippen LogP contribution in [0.15, 0.2) is 79.0 Å². The summed E-state index contributed by atoms with van der Waals surface area (Å²) in [6.45, 7) is 0.0144. The zero-order valence-corrected chi connectivity index (χ0v) is 18.6. The van der Waals surface area contributed by atoms with Gasteiger partial charge >= 0.3 is 6.18 Å². The van der Waals surface area contributed by atoms with E-state index in [1.807, 2.05) is 60.3 Å². The number of nitrogens with one attached hydrogen (secondary N) is 1. The van der Waals surface area contributed by atoms with Gasteiger partial charge in [-0.15, -0.1) is 0 Å². The van der Waals surface area contributed by atoms with Gasteiger partial charge in [-0.25, -0.2) is 0 Å². The van der Waals surface area contributed by atoms with E-state index in [2.05, 4.69) is 5.32 Å². The first kappa shape index (κ1) is 22.9. The fourth-order valence-electron chi connectivity index (χ4n) is 4.10. The third-order valence-corrected chi connectivity index (χ3v) is 5.92. The summed E-state index contributed by atoms with van der Waals surface area (Å²) in [4.78, 5) is 12.9. The van der Waals surface area contributed by atoms with Crippen LogP contribution in [0, 0.1) is 0 Å². The van der Waals surface area contributed by atoms with Gasteiger partial charge in [0.1, 0.15) is 0 Å². The molecule has 1 amide bonds. The molecule has 1 atom stereocenters. The minimum absolute atomic E-state index is 0.0144. The Bertz CT molecular complexity index is 1300. The number of hydrogen-bond donors (Lipinski definition) is 1. The van der Waals surface area contributed by atoms with E-state index in [9.17, 15) is 18.0 Å². The molecule has 3 nitrogen and oxygen atoms in total. The second-order valence-electron chi connectivity index (χ2n) is 8.00. The molecule has 3 aromatic carbocycles. The predicted octanol–water partition coefficient (Wildman–Crippen LogP) is 6.69. The van der Waals surface area contributed by atoms with Crippen molar-refractivity contribution in [3.8, 4) is 0 Å². The molecule has 0 fully saturated rings. The number of carbonyl (C=O) groups is 1. The molecule has 170 valence electrons. The van der Waals surface area contributed by atoms with Gasteiger partial charge in [-0.2, -0.15) is 13.2 Å². The first-order valence-electron chi connectivity index (χ1n) is 10.4. The first-order chi connectivity index (χ1) is 15.7. The largest absolute Gasteiger partial charge is 0.416 e. The summed E-state index contributed by atoms with van der Waals surface area (Å²) in [5.41, 5.74) is 2.59. The number of hydrogen-bond acceptors (Lipinski definition) is 1. The molecule has 0 aliphatic rings. The molecule has 0 radical (unpaired) electrons. The fraction of sp³-hybridized carbons (Fsp3) is 0.192. The Kier molecular flexibility index (Phi) is 6.47. The van der Waals surface area contributed by atoms with Gasteiger partial charge in [0.05, 0.1) is 5.56 Å². The second kappa shape index (κ2) is 9.32. The number of carbonyl (C=O) groups excluding carboxylic acids is 1. The molecule has 1 heterocycles. The van der Waals surface area contributed by atoms with Crippen LogP contribution in [0.3, 0.4) is 0 Å². The zero-order valence-electron chi connectivity index (χ0n) is 17.9. The Labute approximate surface area is 194 Å². The van der Waals surface area contributed by atoms with Gasteiger partial charge in [0.25, 0.3) is 0 Å². The van der Waals surface area contributed by atoms with Gasteiger partial charge in [0.15, 0.2) is 0 Å². The van der Waals surface area contributed by atoms with Crippen LogP contribution in [-0.4, -0.2) is 10.5 Å². The Morgan fingerprint density at radius 3 is 2.55 bits per heavy atom. The van der Waals surface area contributed by atoms with Crippen molar-refractivity contribution in [2.45, 2.75) is 25.1 Å². The maximum absolute atomic E-state index is 13.0. The van der Waals surface area contributed by atoms with E-state index in [1.54, 1.807) is 12.1 Å². The van der Waals surface area contributed by atoms with Crippen molar-refractivity contribution < 1.29 is 18.0 Å². The van der Waals surface area contributed by atoms with Crippen LogP contribution in [-0.2, 0) is 24.6 Å². The van der Waals surface area contributed by atoms with Crippen LogP contribution in [0.25, 0.3) is 10.9 Å². The third kappa shape index (κ3) is 5.22. The van der Waals surface area contributed by atoms with E-state index in [4.69, 9.17) is 11.6 Å². The van der Waals surface area contributed by atoms with E-state index in [1.165, 1.54) is 6.07 Å². The summed E-state index contributed by atoms with van der Waals surface area (Å²) < 4.78 is 40.9. The lowest BCUT2D eigenvalue weighted by molar-refractivity contribution is -0.137. The molecular formula is C26H22ClF3N2O. The molecule has 1 N–H and O–H groups in total. The van der Waals surface area contributed by atoms with Crippen LogP contribution in [0.1, 0.15) is 34.6 Å². The summed E-state index contributed by atoms with van der Waals surface area (Å²) >= 11 is 6.23. The molecule has 0 saturated heterocycles. The standard InChI is InChI=1S/C26H22ClF3N2O/c1-32-16-23(21-10-2-3-11-24(21)32)22(18-7-5-9-20(27)13-18)14-25(33)31-15-17-6-4-8-19(12-17)26(28,29)30/h2-13,16,22H,14-15H2,1H3,(H,31,33). The zero-order chi connectivity index (χ0) is 23.6. The average molecular weight is 471 g/mol. The number of amides is 1. The van der Waals surface area contributed by atoms with Crippen molar-refractivity contribution in [1.82, 2.24) is 9.88 Å². The topological polar surface area (TPSA) is 34.0 Å². The summed E-state index contributed by atoms with van der Waals surface area (Å²) in [7, 11) is 1.95. The predicted molar refractivity (Wildman–Crippen MR) is 124 cm³/mol. The number of nitrogens with zero attached hydrogens (tertiary/aromatic N) is 1. The highest BCUT2D eigenvalue weighted by molar-refractivity contribution is 6.30. The van der Waals surface area contributed by atoms with Crippen LogP contribution in [0.2, 0.25) is 5.02 Å². The first-order valence-corrected chi connectivity index (χ1v) is 10.8. The SMILES string of the molecule is Cn1cc(C(CC(=O)NCc2cccc(C(F)(F)F)c2)c2cccc(Cl)c2)c2ccccc21. The van der Waals surface area contributed by atoms with E-state index < -0.39 is 11.7 Å². The molecule has 0 aliphatic heterocycles. The molecule has 4 aromatic rings. The lowest BCUT2D eigenvalue weighted by atomic mass is 9.88. The Hall–Kier alpha value is -3.25. The number of halogens is 4. The number of aryl methyl sites for hydroxylation is 1. The second-order valence-corrected chi connectivity index (χ2v) is 8.44. The Morgan fingerprint density at radius 1 is 1.03 bits per heavy atom. The lowest BCUT2D eigenvalue weighted by Gasteiger charge is -2.18. The minimum atomic E-state index is -4.42. The average Bonchev–Trinajstić information content (AvgIpc) is 3.12. The monoisotopic (exact) mass is 470 g/mol. The highest BCUT2D eigenvalue weighted by Crippen LogP contribution is 2.35. The Morgan fingerprint density at radius 2 is 1.79 bits per heavy atom. The minimum Gasteiger partial charge on any atom is -0.352 e. The van der Waals surface area contributed by atoms with Gasteiger partial charge in [-0.3, -0.25) is 4.79 Å². The molecule has 4 rings (SSSR count). The molecule has 1 unspecified atom stereocenters. The number of alkyl halides is 3. The highest BCUT2D eigenvalue weighted by Gasteiger charge is 2.30. The normalized spacial score (nSPS) is 12.6. The van der Waals surface area contributed by atoms with Crippen LogP contribution < -0.4 is 5.32 Å². The summed E-state index contributed by atoms with van der Waals surface area (Å²) in [5.74, 6) is -0.526. The van der Waals surface area contributed by atoms with E-state index >= 15 is 0 Å². The maximum atomic E-state index is 13.0. The smallest absolute Gasteiger partial charge is 0.352 e. The van der Waals surface area contributed by atoms with Crippen molar-refractivity contribution in [1.29, 1.82) is 0 Å². The summed E-state index contributed by atoms with van der Waals surface area (Å²) in [6, 6.07) is 20.3. The molecule has 1 aromatic heterocycles. The van der Waals surface area contributed by atoms with E-state index in [0.29, 0.717) is 10.6 Å². The van der Waals surface area contributed by atoms with Crippen LogP contribution in [0.5, 0.6) is 0 Å². The van der Waals surface area contributed by atoms with Gasteiger partial charge < -0.3 is 9.88 Å². The van der Waals surface area contributed by atoms with Crippen molar-refractivity contribution in [2.75, 3.05) is 0 Å². The molecule has 33 heavy (non-hydrogen) atoms. The number of aromatic nitrogens is 1. The van der Waals surface area contributed by atoms with Crippen molar-refractivity contribution in [3.05, 3.63) is 106 Å². The van der Waals surface area contributed by atoms with Crippen LogP contribution >= 0.6 is 11.6 Å². The van der Waals surface area contributed by atoms with Crippen molar-refractivity contribution >= 4 is 28.4 Å². The Balaban J connectivity index is 1.59. The third-order valence-electron chi connectivity index (χ3n) is 5.69. The molecule has 0 spiro atoms. The van der Waals surface area contributed by atoms with E-state index in [0.717, 1.165) is 34.2 Å². The number of benzene rings is 3. The number of para-hydroxylation sites is 1. The highest BCUT2D eigenvalue weighted by atomic mass is 35.5. The summed E-state index contributed by atoms with van der Waals surface area (Å²) in [5, 5.41) is 4.38. The molecule has 0 aliphatic carbocycles. The maximum Gasteiger partial charge on any atom is 0.416 e. The van der Waals surface area contributed by atoms with Crippen molar-refractivity contribution in [2.24, 2.45) is 7.05 Å². The number of fused-ring (bicyclic) bond motifs is 1. The number of rotatable bonds is 6. The van der Waals surface area contributed by atoms with Gasteiger partial charge in [0, 0.05) is 48.1 Å². The quantitative estimate of drug-likeness (QED) is 0.334. The molecule has 0 bridgehead atoms. The molecule has 7 heteroatoms. The molecule has 0 saturated carbocycles. The van der Waals surface area contributed by atoms with Gasteiger partial charge in [0.2, 0.25) is 5.91 Å².